The van der Waals surface area contributed by atoms with Gasteiger partial charge in [0.05, 0.1) is 6.10 Å². The molecule has 0 bridgehead atoms. The molecule has 88 valence electrons. The molecule has 3 N–H and O–H groups in total. The van der Waals surface area contributed by atoms with Crippen molar-refractivity contribution in [2.75, 3.05) is 18.2 Å². The molecule has 1 aromatic rings. The lowest BCUT2D eigenvalue weighted by atomic mass is 10.1. The number of benzene rings is 1. The quantitative estimate of drug-likeness (QED) is 0.770. The van der Waals surface area contributed by atoms with Gasteiger partial charge in [-0.25, -0.2) is 0 Å². The number of hydrogen-bond donors (Lipinski definition) is 2. The fraction of sp³-hybridized carbons (Fsp3) is 0.538. The molecule has 3 heteroatoms. The summed E-state index contributed by atoms with van der Waals surface area (Å²) >= 11 is 0. The average Bonchev–Trinajstić information content (AvgIpc) is 2.71. The molecule has 2 atom stereocenters. The van der Waals surface area contributed by atoms with E-state index in [2.05, 4.69) is 17.4 Å². The normalized spacial score (nSPS) is 24.6. The van der Waals surface area contributed by atoms with Gasteiger partial charge in [-0.3, -0.25) is 0 Å². The number of ether oxygens (including phenoxy) is 1. The van der Waals surface area contributed by atoms with Gasteiger partial charge >= 0.3 is 0 Å². The Labute approximate surface area is 97.0 Å². The molecular weight excluding hydrogens is 200 g/mol. The Kier molecular flexibility index (Phi) is 3.34. The summed E-state index contributed by atoms with van der Waals surface area (Å²) in [6.07, 6.45) is 3.83. The molecule has 0 spiro atoms. The lowest BCUT2D eigenvalue weighted by Crippen LogP contribution is -2.17. The molecule has 1 aliphatic carbocycles. The van der Waals surface area contributed by atoms with Crippen LogP contribution in [0.25, 0.3) is 0 Å². The molecule has 1 aliphatic rings. The second kappa shape index (κ2) is 4.74. The topological polar surface area (TPSA) is 47.3 Å². The maximum Gasteiger partial charge on any atom is 0.0591 e. The zero-order chi connectivity index (χ0) is 11.5. The molecule has 2 unspecified atom stereocenters. The van der Waals surface area contributed by atoms with E-state index in [9.17, 15) is 0 Å². The van der Waals surface area contributed by atoms with Crippen LogP contribution in [-0.4, -0.2) is 19.3 Å². The van der Waals surface area contributed by atoms with E-state index in [1.165, 1.54) is 6.42 Å². The third-order valence-corrected chi connectivity index (χ3v) is 3.37. The van der Waals surface area contributed by atoms with E-state index < -0.39 is 0 Å². The highest BCUT2D eigenvalue weighted by Crippen LogP contribution is 2.26. The van der Waals surface area contributed by atoms with Crippen LogP contribution >= 0.6 is 0 Å². The van der Waals surface area contributed by atoms with Crippen LogP contribution in [0.5, 0.6) is 0 Å². The number of nitrogen functional groups attached to an aromatic ring is 1. The molecule has 0 aliphatic heterocycles. The molecule has 3 nitrogen and oxygen atoms in total. The molecule has 1 saturated carbocycles. The summed E-state index contributed by atoms with van der Waals surface area (Å²) in [5, 5.41) is 3.51. The highest BCUT2D eigenvalue weighted by Gasteiger charge is 2.24. The molecule has 0 radical (unpaired) electrons. The summed E-state index contributed by atoms with van der Waals surface area (Å²) in [6.45, 7) is 2.02. The standard InChI is InChI=1S/C13H20N2O/c1-9-3-4-11(8-13(9)14)15-10-5-6-12(7-10)16-2/h3-4,8,10,12,15H,5-7,14H2,1-2H3. The van der Waals surface area contributed by atoms with Gasteiger partial charge in [-0.15, -0.1) is 0 Å². The van der Waals surface area contributed by atoms with Gasteiger partial charge in [0.15, 0.2) is 0 Å². The number of aryl methyl sites for hydroxylation is 1. The van der Waals surface area contributed by atoms with Crippen LogP contribution in [0, 0.1) is 6.92 Å². The number of anilines is 2. The molecule has 0 amide bonds. The van der Waals surface area contributed by atoms with E-state index in [-0.39, 0.29) is 0 Å². The number of nitrogens with one attached hydrogen (secondary N) is 1. The molecule has 0 heterocycles. The van der Waals surface area contributed by atoms with Gasteiger partial charge < -0.3 is 15.8 Å². The van der Waals surface area contributed by atoms with Crippen LogP contribution in [0.2, 0.25) is 0 Å². The Balaban J connectivity index is 1.97. The molecule has 2 rings (SSSR count). The first-order valence-electron chi connectivity index (χ1n) is 5.84. The number of methoxy groups -OCH3 is 1. The van der Waals surface area contributed by atoms with Crippen molar-refractivity contribution in [2.45, 2.75) is 38.3 Å². The zero-order valence-corrected chi connectivity index (χ0v) is 9.99. The van der Waals surface area contributed by atoms with Crippen molar-refractivity contribution >= 4 is 11.4 Å². The van der Waals surface area contributed by atoms with Gasteiger partial charge in [0.25, 0.3) is 0 Å². The second-order valence-corrected chi connectivity index (χ2v) is 4.58. The molecule has 0 saturated heterocycles. The molecule has 1 fully saturated rings. The van der Waals surface area contributed by atoms with Crippen LogP contribution < -0.4 is 11.1 Å². The maximum atomic E-state index is 5.88. The largest absolute Gasteiger partial charge is 0.398 e. The van der Waals surface area contributed by atoms with Crippen molar-refractivity contribution in [3.8, 4) is 0 Å². The first-order valence-corrected chi connectivity index (χ1v) is 5.84. The van der Waals surface area contributed by atoms with Gasteiger partial charge in [0.1, 0.15) is 0 Å². The summed E-state index contributed by atoms with van der Waals surface area (Å²) in [4.78, 5) is 0. The summed E-state index contributed by atoms with van der Waals surface area (Å²) in [5.41, 5.74) is 8.98. The van der Waals surface area contributed by atoms with Crippen molar-refractivity contribution in [3.05, 3.63) is 23.8 Å². The maximum absolute atomic E-state index is 5.88. The lowest BCUT2D eigenvalue weighted by molar-refractivity contribution is 0.108. The summed E-state index contributed by atoms with van der Waals surface area (Å²) < 4.78 is 5.36. The predicted octanol–water partition coefficient (Wildman–Crippen LogP) is 2.56. The monoisotopic (exact) mass is 220 g/mol. The van der Waals surface area contributed by atoms with Crippen LogP contribution in [0.4, 0.5) is 11.4 Å². The van der Waals surface area contributed by atoms with Crippen LogP contribution in [0.1, 0.15) is 24.8 Å². The minimum Gasteiger partial charge on any atom is -0.398 e. The first kappa shape index (κ1) is 11.3. The smallest absolute Gasteiger partial charge is 0.0591 e. The molecule has 0 aromatic heterocycles. The molecular formula is C13H20N2O. The minimum absolute atomic E-state index is 0.417. The van der Waals surface area contributed by atoms with Crippen molar-refractivity contribution in [1.29, 1.82) is 0 Å². The first-order chi connectivity index (χ1) is 7.69. The van der Waals surface area contributed by atoms with Crippen LogP contribution in [0.15, 0.2) is 18.2 Å². The Bertz CT molecular complexity index is 365. The SMILES string of the molecule is COC1CCC(Nc2ccc(C)c(N)c2)C1. The number of nitrogens with two attached hydrogens (primary N) is 1. The van der Waals surface area contributed by atoms with Crippen molar-refractivity contribution < 1.29 is 4.74 Å². The Hall–Kier alpha value is -1.22. The lowest BCUT2D eigenvalue weighted by Gasteiger charge is -2.15. The van der Waals surface area contributed by atoms with E-state index in [0.29, 0.717) is 12.1 Å². The fourth-order valence-corrected chi connectivity index (χ4v) is 2.25. The highest BCUT2D eigenvalue weighted by atomic mass is 16.5. The molecule has 1 aromatic carbocycles. The molecule has 16 heavy (non-hydrogen) atoms. The van der Waals surface area contributed by atoms with Crippen LogP contribution in [-0.2, 0) is 4.74 Å². The Morgan fingerprint density at radius 3 is 2.81 bits per heavy atom. The van der Waals surface area contributed by atoms with Crippen LogP contribution in [0.3, 0.4) is 0 Å². The Morgan fingerprint density at radius 1 is 1.38 bits per heavy atom. The number of rotatable bonds is 3. The van der Waals surface area contributed by atoms with Gasteiger partial charge in [0.2, 0.25) is 0 Å². The van der Waals surface area contributed by atoms with Gasteiger partial charge in [-0.2, -0.15) is 0 Å². The van der Waals surface area contributed by atoms with E-state index in [4.69, 9.17) is 10.5 Å². The van der Waals surface area contributed by atoms with E-state index in [1.807, 2.05) is 13.0 Å². The highest BCUT2D eigenvalue weighted by molar-refractivity contribution is 5.58. The fourth-order valence-electron chi connectivity index (χ4n) is 2.25. The third-order valence-electron chi connectivity index (χ3n) is 3.37. The van der Waals surface area contributed by atoms with Gasteiger partial charge in [0, 0.05) is 24.5 Å². The van der Waals surface area contributed by atoms with Gasteiger partial charge in [-0.05, 0) is 43.9 Å². The summed E-state index contributed by atoms with van der Waals surface area (Å²) in [5.74, 6) is 0. The minimum atomic E-state index is 0.417. The van der Waals surface area contributed by atoms with Crippen molar-refractivity contribution in [2.24, 2.45) is 0 Å². The van der Waals surface area contributed by atoms with E-state index in [1.54, 1.807) is 7.11 Å². The van der Waals surface area contributed by atoms with Crippen molar-refractivity contribution in [3.63, 3.8) is 0 Å². The summed E-state index contributed by atoms with van der Waals surface area (Å²) in [6, 6.07) is 6.67. The zero-order valence-electron chi connectivity index (χ0n) is 9.99. The predicted molar refractivity (Wildman–Crippen MR) is 67.7 cm³/mol. The summed E-state index contributed by atoms with van der Waals surface area (Å²) in [7, 11) is 1.79. The third kappa shape index (κ3) is 2.47. The number of hydrogen-bond acceptors (Lipinski definition) is 3. The second-order valence-electron chi connectivity index (χ2n) is 4.58. The van der Waals surface area contributed by atoms with Gasteiger partial charge in [-0.1, -0.05) is 6.07 Å². The van der Waals surface area contributed by atoms with Crippen molar-refractivity contribution in [1.82, 2.24) is 0 Å². The Morgan fingerprint density at radius 2 is 2.19 bits per heavy atom. The van der Waals surface area contributed by atoms with E-state index in [0.717, 1.165) is 29.8 Å². The van der Waals surface area contributed by atoms with E-state index >= 15 is 0 Å². The average molecular weight is 220 g/mol.